The molecule has 0 aliphatic rings. The Morgan fingerprint density at radius 3 is 1.22 bits per heavy atom. The number of nitrogens with two attached hydrogens (primary N) is 1. The van der Waals surface area contributed by atoms with Gasteiger partial charge in [-0.05, 0) is 113 Å². The second kappa shape index (κ2) is 38.6. The molecule has 0 saturated heterocycles. The van der Waals surface area contributed by atoms with Gasteiger partial charge in [-0.3, -0.25) is 28.1 Å². The fourth-order valence-corrected chi connectivity index (χ4v) is 14.6. The summed E-state index contributed by atoms with van der Waals surface area (Å²) in [6.07, 6.45) is -0.757. The Morgan fingerprint density at radius 2 is 0.845 bits per heavy atom. The van der Waals surface area contributed by atoms with Crippen molar-refractivity contribution in [2.45, 2.75) is 157 Å². The number of aromatic nitrogens is 12. The van der Waals surface area contributed by atoms with E-state index >= 15 is 0 Å². The fraction of sp³-hybridized carbons (Fsp3) is 0.446. The number of alkyl halides is 4. The Morgan fingerprint density at radius 1 is 0.466 bits per heavy atom. The Balaban J connectivity index is 0.000000216. The largest absolute Gasteiger partial charge is 0.462 e. The van der Waals surface area contributed by atoms with Gasteiger partial charge in [0.2, 0.25) is 0 Å². The summed E-state index contributed by atoms with van der Waals surface area (Å²) in [4.78, 5) is 61.2. The van der Waals surface area contributed by atoms with Crippen LogP contribution < -0.4 is 34.6 Å². The fourth-order valence-electron chi connectivity index (χ4n) is 9.36. The van der Waals surface area contributed by atoms with Crippen molar-refractivity contribution in [1.29, 1.82) is 0 Å². The summed E-state index contributed by atoms with van der Waals surface area (Å²) in [7, 11) is -11.6. The predicted octanol–water partition coefficient (Wildman–Crippen LogP) is 10.0. The number of hydrogen-bond acceptors (Lipinski definition) is 25. The van der Waals surface area contributed by atoms with Crippen LogP contribution in [0.15, 0.2) is 129 Å². The van der Waals surface area contributed by atoms with Gasteiger partial charge in [-0.25, -0.2) is 76.3 Å². The molecule has 9 rings (SSSR count). The zero-order valence-corrected chi connectivity index (χ0v) is 61.2. The number of benzene rings is 3. The van der Waals surface area contributed by atoms with E-state index in [1.807, 2.05) is 0 Å². The van der Waals surface area contributed by atoms with Crippen LogP contribution in [0.2, 0.25) is 0 Å². The SMILES string of the molecule is CC(C)OC(=O)[C@H](C)NP(=O)(CO[C@@H](CF)Cc1cnc2c(N)ncnn12)Oc1ccccc1.Cc1ncnc2c(C[C@@H](CF)OCP(=O)(N[C@@H](C)C(=O)OC(C)C)Oc3ccccc3)cnn12.Cc1ncnc2c(C[C@@H](OCP(=O)(N[C@@H](C)C(=O)OC(C)C)Oc3ccccc3)C(F)F)cnn12. The highest BCUT2D eigenvalue weighted by Crippen LogP contribution is 2.47. The van der Waals surface area contributed by atoms with Crippen LogP contribution in [0.25, 0.3) is 16.9 Å². The molecule has 0 saturated carbocycles. The zero-order chi connectivity index (χ0) is 75.0. The Kier molecular flexibility index (Phi) is 30.5. The van der Waals surface area contributed by atoms with Gasteiger partial charge >= 0.3 is 40.5 Å². The third-order valence-electron chi connectivity index (χ3n) is 14.1. The summed E-state index contributed by atoms with van der Waals surface area (Å²) in [5.74, 6) is 0.362. The van der Waals surface area contributed by atoms with Gasteiger partial charge in [-0.1, -0.05) is 54.6 Å². The van der Waals surface area contributed by atoms with Gasteiger partial charge in [0.25, 0.3) is 6.43 Å². The number of imidazole rings is 1. The highest BCUT2D eigenvalue weighted by Gasteiger charge is 2.37. The molecule has 0 radical (unpaired) electrons. The molecule has 38 heteroatoms. The highest BCUT2D eigenvalue weighted by molar-refractivity contribution is 7.57. The van der Waals surface area contributed by atoms with Gasteiger partial charge in [0.1, 0.15) is 105 Å². The first-order chi connectivity index (χ1) is 49.0. The number of fused-ring (bicyclic) bond motifs is 3. The van der Waals surface area contributed by atoms with Gasteiger partial charge < -0.3 is 47.7 Å². The van der Waals surface area contributed by atoms with E-state index in [-0.39, 0.29) is 49.1 Å². The minimum absolute atomic E-state index is 0.0738. The Bertz CT molecular complexity index is 4150. The number of aryl methyl sites for hydroxylation is 2. The lowest BCUT2D eigenvalue weighted by Gasteiger charge is -2.26. The zero-order valence-electron chi connectivity index (χ0n) is 58.5. The molecule has 5 N–H and O–H groups in total. The minimum atomic E-state index is -3.99. The van der Waals surface area contributed by atoms with Gasteiger partial charge in [0.15, 0.2) is 22.8 Å². The van der Waals surface area contributed by atoms with Crippen molar-refractivity contribution in [3.8, 4) is 17.2 Å². The van der Waals surface area contributed by atoms with Crippen LogP contribution in [-0.4, -0.2) is 170 Å². The van der Waals surface area contributed by atoms with E-state index in [2.05, 4.69) is 60.5 Å². The number of anilines is 1. The summed E-state index contributed by atoms with van der Waals surface area (Å²) >= 11 is 0. The maximum Gasteiger partial charge on any atom is 0.342 e. The minimum Gasteiger partial charge on any atom is -0.462 e. The van der Waals surface area contributed by atoms with E-state index in [0.29, 0.717) is 56.9 Å². The molecule has 9 atom stereocenters. The molecule has 0 amide bonds. The summed E-state index contributed by atoms with van der Waals surface area (Å²) in [5.41, 5.74) is 8.65. The summed E-state index contributed by atoms with van der Waals surface area (Å²) in [6.45, 7) is 16.4. The number of carbonyl (C=O) groups is 3. The van der Waals surface area contributed by atoms with E-state index in [1.54, 1.807) is 157 Å². The number of nitrogens with zero attached hydrogens (tertiary/aromatic N) is 12. The lowest BCUT2D eigenvalue weighted by molar-refractivity contribution is -0.149. The number of esters is 3. The summed E-state index contributed by atoms with van der Waals surface area (Å²) in [6, 6.07) is 22.1. The average molecular weight is 1500 g/mol. The first-order valence-corrected chi connectivity index (χ1v) is 37.8. The number of nitrogens with one attached hydrogen (secondary N) is 3. The third kappa shape index (κ3) is 24.9. The van der Waals surface area contributed by atoms with Crippen molar-refractivity contribution in [3.05, 3.63) is 157 Å². The topological polar surface area (TPSA) is 377 Å². The van der Waals surface area contributed by atoms with Crippen LogP contribution in [-0.2, 0) is 75.8 Å². The lowest BCUT2D eigenvalue weighted by atomic mass is 10.1. The first kappa shape index (κ1) is 81.4. The molecule has 3 aromatic carbocycles. The predicted molar refractivity (Wildman–Crippen MR) is 370 cm³/mol. The number of halogens is 4. The molecule has 6 heterocycles. The molecule has 0 aliphatic heterocycles. The molecule has 9 aromatic rings. The summed E-state index contributed by atoms with van der Waals surface area (Å²) < 4.78 is 150. The van der Waals surface area contributed by atoms with E-state index in [1.165, 1.54) is 61.2 Å². The van der Waals surface area contributed by atoms with Crippen molar-refractivity contribution in [3.63, 3.8) is 0 Å². The van der Waals surface area contributed by atoms with Crippen molar-refractivity contribution < 1.29 is 87.6 Å². The number of carbonyl (C=O) groups excluding carboxylic acids is 3. The highest BCUT2D eigenvalue weighted by atomic mass is 31.2. The van der Waals surface area contributed by atoms with Gasteiger partial charge in [-0.2, -0.15) is 15.3 Å². The normalized spacial score (nSPS) is 15.1. The van der Waals surface area contributed by atoms with Gasteiger partial charge in [-0.15, -0.1) is 0 Å². The molecule has 31 nitrogen and oxygen atoms in total. The van der Waals surface area contributed by atoms with Crippen molar-refractivity contribution in [2.75, 3.05) is 38.1 Å². The molecular formula is C65H85F4N16O15P3. The molecule has 558 valence electrons. The van der Waals surface area contributed by atoms with Crippen LogP contribution >= 0.6 is 22.6 Å². The number of nitrogen functional groups attached to an aromatic ring is 1. The average Bonchev–Trinajstić information content (AvgIpc) is 1.70. The first-order valence-electron chi connectivity index (χ1n) is 32.4. The monoisotopic (exact) mass is 1500 g/mol. The van der Waals surface area contributed by atoms with Gasteiger partial charge in [0, 0.05) is 30.4 Å². The van der Waals surface area contributed by atoms with Crippen molar-refractivity contribution in [2.24, 2.45) is 0 Å². The van der Waals surface area contributed by atoms with Crippen molar-refractivity contribution in [1.82, 2.24) is 74.0 Å². The molecule has 0 aliphatic carbocycles. The van der Waals surface area contributed by atoms with Crippen LogP contribution in [0.3, 0.4) is 0 Å². The third-order valence-corrected chi connectivity index (χ3v) is 19.4. The van der Waals surface area contributed by atoms with Crippen molar-refractivity contribution >= 4 is 63.2 Å². The van der Waals surface area contributed by atoms with E-state index < -0.39 is 116 Å². The quantitative estimate of drug-likeness (QED) is 0.0123. The second-order valence-electron chi connectivity index (χ2n) is 24.0. The van der Waals surface area contributed by atoms with E-state index in [4.69, 9.17) is 47.7 Å². The van der Waals surface area contributed by atoms with Crippen LogP contribution in [0.1, 0.15) is 90.8 Å². The molecular weight excluding hydrogens is 1410 g/mol. The Hall–Kier alpha value is -8.91. The van der Waals surface area contributed by atoms with Gasteiger partial charge in [0.05, 0.1) is 54.8 Å². The number of ether oxygens (including phenoxy) is 6. The molecule has 103 heavy (non-hydrogen) atoms. The lowest BCUT2D eigenvalue weighted by Crippen LogP contribution is -2.37. The van der Waals surface area contributed by atoms with Crippen LogP contribution in [0.5, 0.6) is 17.2 Å². The number of rotatable bonds is 36. The van der Waals surface area contributed by atoms with E-state index in [9.17, 15) is 45.6 Å². The van der Waals surface area contributed by atoms with Crippen LogP contribution in [0.4, 0.5) is 23.4 Å². The maximum atomic E-state index is 13.9. The van der Waals surface area contributed by atoms with E-state index in [0.717, 1.165) is 0 Å². The molecule has 0 bridgehead atoms. The number of hydrogen-bond donors (Lipinski definition) is 4. The van der Waals surface area contributed by atoms with Crippen LogP contribution in [0, 0.1) is 13.8 Å². The molecule has 3 unspecified atom stereocenters. The number of para-hydroxylation sites is 3. The maximum absolute atomic E-state index is 13.9. The second-order valence-corrected chi connectivity index (χ2v) is 30.1. The standard InChI is InChI=1S/C22H28F2N5O5P.C22H29FN5O5P.C21H28FN6O5P/c1-14(2)33-22(30)15(3)28-35(31,34-18-8-6-5-7-9-18)13-32-19(20(23)24)10-17-11-27-29-16(4)25-12-26-21(17)29;1-15(2)32-22(29)16(3)27-34(30,33-19-8-6-5-7-9-19)14-31-20(11-23)10-18-12-26-28-17(4)24-13-25-21(18)28;1-14(2)32-21(29)15(3)27-34(30,33-17-7-5-4-6-8-17)13-31-18(10-22)9-16-11-24-20-19(23)25-12-26-28(16)20/h5-9,11-12,14-15,19-20H,10,13H2,1-4H3,(H,28,31);5-9,12-13,15-16,20H,10-11,14H2,1-4H3,(H,27,30);4-8,11-12,14-15,18H,9-10,13H2,1-3H3,(H,27,30)(H2,23,25,26)/t15-,19+,35?;16-,20-,34?;15-,18+,34?/m000/s1. The molecule has 0 fully saturated rings. The molecule has 6 aromatic heterocycles. The summed E-state index contributed by atoms with van der Waals surface area (Å²) in [5, 5.41) is 20.4. The molecule has 0 spiro atoms. The Labute approximate surface area is 591 Å². The smallest absolute Gasteiger partial charge is 0.342 e.